The number of aryl methyl sites for hydroxylation is 1. The van der Waals surface area contributed by atoms with Crippen LogP contribution >= 0.6 is 11.3 Å². The number of benzene rings is 2. The Hall–Kier alpha value is -3.69. The van der Waals surface area contributed by atoms with Crippen molar-refractivity contribution < 1.29 is 4.79 Å². The zero-order valence-electron chi connectivity index (χ0n) is 15.8. The van der Waals surface area contributed by atoms with Gasteiger partial charge in [-0.25, -0.2) is 4.98 Å². The third-order valence-corrected chi connectivity index (χ3v) is 6.01. The van der Waals surface area contributed by atoms with Crippen LogP contribution in [0.4, 0.5) is 11.5 Å². The normalized spacial score (nSPS) is 10.8. The molecule has 4 rings (SSSR count). The van der Waals surface area contributed by atoms with Crippen molar-refractivity contribution in [3.8, 4) is 17.2 Å². The molecule has 0 radical (unpaired) electrons. The van der Waals surface area contributed by atoms with Gasteiger partial charge in [-0.1, -0.05) is 61.5 Å². The number of anilines is 2. The lowest BCUT2D eigenvalue weighted by molar-refractivity contribution is 0.104. The van der Waals surface area contributed by atoms with E-state index in [-0.39, 0.29) is 17.2 Å². The van der Waals surface area contributed by atoms with Gasteiger partial charge in [0.25, 0.3) is 0 Å². The van der Waals surface area contributed by atoms with Gasteiger partial charge in [-0.2, -0.15) is 5.26 Å². The first kappa shape index (κ1) is 18.7. The van der Waals surface area contributed by atoms with Gasteiger partial charge in [-0.15, -0.1) is 11.3 Å². The third-order valence-electron chi connectivity index (χ3n) is 4.91. The third kappa shape index (κ3) is 3.12. The highest BCUT2D eigenvalue weighted by molar-refractivity contribution is 7.21. The predicted molar refractivity (Wildman–Crippen MR) is 118 cm³/mol. The summed E-state index contributed by atoms with van der Waals surface area (Å²) in [5.41, 5.74) is 16.3. The maximum atomic E-state index is 13.0. The minimum absolute atomic E-state index is 0.134. The number of nitriles is 1. The summed E-state index contributed by atoms with van der Waals surface area (Å²) in [6.45, 7) is 2.08. The second-order valence-electron chi connectivity index (χ2n) is 6.63. The molecule has 0 unspecified atom stereocenters. The number of nitrogens with zero attached hydrogens (tertiary/aromatic N) is 2. The summed E-state index contributed by atoms with van der Waals surface area (Å²) < 4.78 is 0. The number of ketones is 1. The fourth-order valence-electron chi connectivity index (χ4n) is 3.37. The molecule has 0 spiro atoms. The molecule has 2 aromatic carbocycles. The minimum atomic E-state index is -0.171. The highest BCUT2D eigenvalue weighted by Crippen LogP contribution is 2.43. The van der Waals surface area contributed by atoms with Crippen LogP contribution < -0.4 is 11.5 Å². The Balaban J connectivity index is 2.00. The molecule has 0 aliphatic carbocycles. The van der Waals surface area contributed by atoms with Crippen molar-refractivity contribution in [1.82, 2.24) is 4.98 Å². The summed E-state index contributed by atoms with van der Waals surface area (Å²) in [7, 11) is 0. The Bertz CT molecular complexity index is 1270. The van der Waals surface area contributed by atoms with Crippen molar-refractivity contribution in [2.75, 3.05) is 11.5 Å². The Labute approximate surface area is 172 Å². The first-order chi connectivity index (χ1) is 14.0. The zero-order valence-corrected chi connectivity index (χ0v) is 16.6. The van der Waals surface area contributed by atoms with E-state index in [1.54, 1.807) is 12.1 Å². The van der Waals surface area contributed by atoms with E-state index in [1.165, 1.54) is 16.9 Å². The molecule has 0 saturated carbocycles. The van der Waals surface area contributed by atoms with Gasteiger partial charge in [0.05, 0.1) is 5.69 Å². The van der Waals surface area contributed by atoms with Crippen molar-refractivity contribution in [3.05, 3.63) is 76.2 Å². The van der Waals surface area contributed by atoms with E-state index in [0.717, 1.165) is 12.0 Å². The number of carbonyl (C=O) groups excluding carboxylic acids is 1. The van der Waals surface area contributed by atoms with Crippen LogP contribution in [0.15, 0.2) is 54.6 Å². The summed E-state index contributed by atoms with van der Waals surface area (Å²) in [5.74, 6) is -0.0370. The van der Waals surface area contributed by atoms with E-state index in [0.29, 0.717) is 31.9 Å². The summed E-state index contributed by atoms with van der Waals surface area (Å²) >= 11 is 1.20. The fraction of sp³-hybridized carbons (Fsp3) is 0.0870. The largest absolute Gasteiger partial charge is 0.397 e. The van der Waals surface area contributed by atoms with Crippen LogP contribution in [0.25, 0.3) is 21.3 Å². The molecule has 0 atom stereocenters. The molecular formula is C23H18N4OS. The number of aromatic nitrogens is 1. The number of rotatable bonds is 4. The first-order valence-electron chi connectivity index (χ1n) is 9.15. The van der Waals surface area contributed by atoms with Gasteiger partial charge in [0.1, 0.15) is 27.2 Å². The highest BCUT2D eigenvalue weighted by Gasteiger charge is 2.24. The van der Waals surface area contributed by atoms with Crippen LogP contribution in [-0.2, 0) is 6.42 Å². The van der Waals surface area contributed by atoms with Gasteiger partial charge in [-0.05, 0) is 17.5 Å². The molecular weight excluding hydrogens is 380 g/mol. The number of nitrogen functional groups attached to an aromatic ring is 2. The van der Waals surface area contributed by atoms with E-state index in [9.17, 15) is 10.1 Å². The molecule has 0 bridgehead atoms. The molecule has 0 amide bonds. The Kier molecular flexibility index (Phi) is 4.75. The topological polar surface area (TPSA) is 106 Å². The monoisotopic (exact) mass is 398 g/mol. The lowest BCUT2D eigenvalue weighted by Crippen LogP contribution is -2.02. The van der Waals surface area contributed by atoms with Crippen LogP contribution in [0.1, 0.15) is 33.3 Å². The molecule has 6 heteroatoms. The van der Waals surface area contributed by atoms with Crippen molar-refractivity contribution in [1.29, 1.82) is 5.26 Å². The van der Waals surface area contributed by atoms with Gasteiger partial charge >= 0.3 is 0 Å². The van der Waals surface area contributed by atoms with Crippen LogP contribution in [0, 0.1) is 11.3 Å². The number of fused-ring (bicyclic) bond motifs is 1. The number of pyridine rings is 1. The molecule has 2 aromatic heterocycles. The van der Waals surface area contributed by atoms with Crippen LogP contribution in [0.5, 0.6) is 0 Å². The smallest absolute Gasteiger partial charge is 0.205 e. The quantitative estimate of drug-likeness (QED) is 0.481. The van der Waals surface area contributed by atoms with Crippen molar-refractivity contribution in [3.63, 3.8) is 0 Å². The van der Waals surface area contributed by atoms with Gasteiger partial charge in [-0.3, -0.25) is 4.79 Å². The summed E-state index contributed by atoms with van der Waals surface area (Å²) in [5, 5.41) is 10.3. The average Bonchev–Trinajstić information content (AvgIpc) is 3.08. The Morgan fingerprint density at radius 2 is 1.79 bits per heavy atom. The number of hydrogen-bond acceptors (Lipinski definition) is 6. The highest BCUT2D eigenvalue weighted by atomic mass is 32.1. The lowest BCUT2D eigenvalue weighted by Gasteiger charge is -2.10. The molecule has 4 aromatic rings. The maximum absolute atomic E-state index is 13.0. The van der Waals surface area contributed by atoms with Gasteiger partial charge < -0.3 is 11.5 Å². The Morgan fingerprint density at radius 3 is 2.41 bits per heavy atom. The summed E-state index contributed by atoms with van der Waals surface area (Å²) in [4.78, 5) is 18.3. The van der Waals surface area contributed by atoms with Crippen molar-refractivity contribution in [2.24, 2.45) is 0 Å². The second kappa shape index (κ2) is 7.38. The number of hydrogen-bond donors (Lipinski definition) is 2. The van der Waals surface area contributed by atoms with E-state index >= 15 is 0 Å². The molecule has 5 nitrogen and oxygen atoms in total. The predicted octanol–water partition coefficient (Wildman–Crippen LogP) is 4.79. The fourth-order valence-corrected chi connectivity index (χ4v) is 4.44. The lowest BCUT2D eigenvalue weighted by atomic mass is 9.95. The standard InChI is InChI=1S/C23H18N4OS/c1-2-13-8-10-14(11-9-13)17-16(12-24)22(26)27-23-18(17)19(25)21(29-23)20(28)15-6-4-3-5-7-15/h3-11H,2,25H2,1H3,(H2,26,27). The first-order valence-corrected chi connectivity index (χ1v) is 9.97. The molecule has 29 heavy (non-hydrogen) atoms. The Morgan fingerprint density at radius 1 is 1.10 bits per heavy atom. The average molecular weight is 398 g/mol. The molecule has 0 saturated heterocycles. The van der Waals surface area contributed by atoms with E-state index in [1.807, 2.05) is 42.5 Å². The molecule has 0 fully saturated rings. The van der Waals surface area contributed by atoms with Crippen molar-refractivity contribution in [2.45, 2.75) is 13.3 Å². The van der Waals surface area contributed by atoms with Gasteiger partial charge in [0, 0.05) is 16.5 Å². The maximum Gasteiger partial charge on any atom is 0.205 e. The van der Waals surface area contributed by atoms with E-state index in [4.69, 9.17) is 11.5 Å². The molecule has 2 heterocycles. The number of carbonyl (C=O) groups is 1. The molecule has 0 aliphatic rings. The van der Waals surface area contributed by atoms with E-state index < -0.39 is 0 Å². The minimum Gasteiger partial charge on any atom is -0.397 e. The summed E-state index contributed by atoms with van der Waals surface area (Å²) in [6.07, 6.45) is 0.912. The molecule has 0 aliphatic heterocycles. The van der Waals surface area contributed by atoms with Gasteiger partial charge in [0.15, 0.2) is 0 Å². The SMILES string of the molecule is CCc1ccc(-c2c(C#N)c(N)nc3sc(C(=O)c4ccccc4)c(N)c23)cc1. The van der Waals surface area contributed by atoms with Crippen molar-refractivity contribution >= 4 is 38.8 Å². The zero-order chi connectivity index (χ0) is 20.5. The second-order valence-corrected chi connectivity index (χ2v) is 7.63. The van der Waals surface area contributed by atoms with Crippen LogP contribution in [0.2, 0.25) is 0 Å². The summed E-state index contributed by atoms with van der Waals surface area (Å²) in [6, 6.07) is 19.0. The number of nitrogens with two attached hydrogens (primary N) is 2. The van der Waals surface area contributed by atoms with Crippen LogP contribution in [0.3, 0.4) is 0 Å². The number of thiophene rings is 1. The van der Waals surface area contributed by atoms with E-state index in [2.05, 4.69) is 18.0 Å². The molecule has 142 valence electrons. The molecule has 4 N–H and O–H groups in total. The van der Waals surface area contributed by atoms with Gasteiger partial charge in [0.2, 0.25) is 5.78 Å². The van der Waals surface area contributed by atoms with Crippen LogP contribution in [-0.4, -0.2) is 10.8 Å².